The number of nitrogens with zero attached hydrogens (tertiary/aromatic N) is 4. The van der Waals surface area contributed by atoms with Gasteiger partial charge in [-0.3, -0.25) is 9.20 Å². The van der Waals surface area contributed by atoms with Gasteiger partial charge in [-0.25, -0.2) is 20.2 Å². The van der Waals surface area contributed by atoms with Crippen LogP contribution in [0, 0.1) is 6.92 Å². The molecule has 0 bridgehead atoms. The predicted octanol–water partition coefficient (Wildman–Crippen LogP) is 3.58. The van der Waals surface area contributed by atoms with Gasteiger partial charge in [0, 0.05) is 35.3 Å². The quantitative estimate of drug-likeness (QED) is 0.352. The first-order chi connectivity index (χ1) is 15.6. The van der Waals surface area contributed by atoms with Crippen LogP contribution in [0.1, 0.15) is 21.6 Å². The number of rotatable bonds is 4. The molecule has 0 radical (unpaired) electrons. The fourth-order valence-electron chi connectivity index (χ4n) is 3.52. The zero-order valence-corrected chi connectivity index (χ0v) is 17.0. The number of carbonyl (C=O) groups excluding carboxylic acids is 1. The highest BCUT2D eigenvalue weighted by Gasteiger charge is 2.12. The van der Waals surface area contributed by atoms with Crippen molar-refractivity contribution in [1.82, 2.24) is 19.8 Å². The van der Waals surface area contributed by atoms with Gasteiger partial charge in [-0.2, -0.15) is 5.10 Å². The van der Waals surface area contributed by atoms with Crippen molar-refractivity contribution in [3.05, 3.63) is 101 Å². The number of aryl methyl sites for hydroxylation is 1. The van der Waals surface area contributed by atoms with Crippen molar-refractivity contribution in [2.45, 2.75) is 6.92 Å². The van der Waals surface area contributed by atoms with Crippen LogP contribution in [0.15, 0.2) is 87.6 Å². The van der Waals surface area contributed by atoms with E-state index in [-0.39, 0.29) is 5.91 Å². The van der Waals surface area contributed by atoms with Crippen molar-refractivity contribution in [1.29, 1.82) is 0 Å². The molecule has 2 aromatic carbocycles. The van der Waals surface area contributed by atoms with Crippen LogP contribution in [-0.2, 0) is 0 Å². The topological polar surface area (TPSA) is 102 Å². The molecule has 8 nitrogen and oxygen atoms in total. The van der Waals surface area contributed by atoms with Crippen molar-refractivity contribution in [2.24, 2.45) is 5.10 Å². The molecule has 0 unspecified atom stereocenters. The van der Waals surface area contributed by atoms with E-state index in [4.69, 9.17) is 4.42 Å². The molecule has 3 heterocycles. The van der Waals surface area contributed by atoms with Crippen molar-refractivity contribution >= 4 is 28.7 Å². The molecular formula is C24H17N5O3. The first-order valence-corrected chi connectivity index (χ1v) is 9.84. The number of carbonyl (C=O) groups is 1. The van der Waals surface area contributed by atoms with Crippen molar-refractivity contribution in [3.63, 3.8) is 0 Å². The van der Waals surface area contributed by atoms with Crippen LogP contribution >= 0.6 is 0 Å². The molecule has 5 aromatic rings. The largest absolute Gasteiger partial charge is 0.405 e. The van der Waals surface area contributed by atoms with Crippen molar-refractivity contribution < 1.29 is 9.21 Å². The summed E-state index contributed by atoms with van der Waals surface area (Å²) in [6, 6.07) is 16.0. The maximum absolute atomic E-state index is 12.6. The zero-order valence-electron chi connectivity index (χ0n) is 17.0. The Bertz CT molecular complexity index is 1530. The number of hydrazone groups is 1. The van der Waals surface area contributed by atoms with Gasteiger partial charge in [-0.05, 0) is 42.3 Å². The average molecular weight is 423 g/mol. The lowest BCUT2D eigenvalue weighted by molar-refractivity contribution is 0.0955. The molecule has 0 aliphatic carbocycles. The second kappa shape index (κ2) is 7.92. The van der Waals surface area contributed by atoms with E-state index in [0.717, 1.165) is 22.4 Å². The van der Waals surface area contributed by atoms with E-state index in [0.29, 0.717) is 22.2 Å². The SMILES string of the molecule is Cc1ccc2oc(=O)c3ccc(C(=O)N/N=C/c4ccc(-c5cncnc5)cc4)cc3n12. The van der Waals surface area contributed by atoms with E-state index >= 15 is 0 Å². The van der Waals surface area contributed by atoms with E-state index in [9.17, 15) is 9.59 Å². The minimum atomic E-state index is -0.443. The van der Waals surface area contributed by atoms with Crippen molar-refractivity contribution in [3.8, 4) is 11.1 Å². The lowest BCUT2D eigenvalue weighted by Crippen LogP contribution is -2.18. The van der Waals surface area contributed by atoms with E-state index in [1.165, 1.54) is 6.33 Å². The predicted molar refractivity (Wildman–Crippen MR) is 121 cm³/mol. The van der Waals surface area contributed by atoms with E-state index in [1.807, 2.05) is 37.3 Å². The average Bonchev–Trinajstić information content (AvgIpc) is 3.20. The number of aromatic nitrogens is 3. The van der Waals surface area contributed by atoms with Crippen LogP contribution < -0.4 is 11.1 Å². The van der Waals surface area contributed by atoms with Crippen LogP contribution in [0.4, 0.5) is 0 Å². The Kier molecular flexibility index (Phi) is 4.79. The Morgan fingerprint density at radius 3 is 2.59 bits per heavy atom. The molecule has 0 spiro atoms. The minimum Gasteiger partial charge on any atom is -0.405 e. The summed E-state index contributed by atoms with van der Waals surface area (Å²) in [5.74, 6) is -0.382. The Balaban J connectivity index is 1.36. The van der Waals surface area contributed by atoms with E-state index < -0.39 is 5.63 Å². The molecule has 32 heavy (non-hydrogen) atoms. The van der Waals surface area contributed by atoms with Crippen LogP contribution in [-0.4, -0.2) is 26.5 Å². The summed E-state index contributed by atoms with van der Waals surface area (Å²) >= 11 is 0. The van der Waals surface area contributed by atoms with Gasteiger partial charge in [0.05, 0.1) is 17.1 Å². The van der Waals surface area contributed by atoms with Gasteiger partial charge in [0.25, 0.3) is 5.91 Å². The molecule has 0 saturated heterocycles. The van der Waals surface area contributed by atoms with Gasteiger partial charge in [-0.1, -0.05) is 24.3 Å². The van der Waals surface area contributed by atoms with Gasteiger partial charge in [0.2, 0.25) is 5.71 Å². The summed E-state index contributed by atoms with van der Waals surface area (Å²) in [6.07, 6.45) is 6.53. The van der Waals surface area contributed by atoms with Crippen LogP contribution in [0.3, 0.4) is 0 Å². The molecule has 1 amide bonds. The lowest BCUT2D eigenvalue weighted by atomic mass is 10.1. The van der Waals surface area contributed by atoms with Gasteiger partial charge in [0.1, 0.15) is 6.33 Å². The Morgan fingerprint density at radius 1 is 1.03 bits per heavy atom. The number of hydrogen-bond donors (Lipinski definition) is 1. The fraction of sp³-hybridized carbons (Fsp3) is 0.0417. The second-order valence-corrected chi connectivity index (χ2v) is 7.22. The Labute approximate surface area is 181 Å². The molecule has 5 rings (SSSR count). The Hall–Kier alpha value is -4.59. The summed E-state index contributed by atoms with van der Waals surface area (Å²) in [6.45, 7) is 1.90. The van der Waals surface area contributed by atoms with Gasteiger partial charge in [-0.15, -0.1) is 0 Å². The summed E-state index contributed by atoms with van der Waals surface area (Å²) in [5.41, 5.74) is 7.14. The normalized spacial score (nSPS) is 11.4. The highest BCUT2D eigenvalue weighted by molar-refractivity contribution is 5.98. The molecule has 0 saturated carbocycles. The second-order valence-electron chi connectivity index (χ2n) is 7.22. The third kappa shape index (κ3) is 3.54. The Morgan fingerprint density at radius 2 is 1.81 bits per heavy atom. The fourth-order valence-corrected chi connectivity index (χ4v) is 3.52. The van der Waals surface area contributed by atoms with Crippen LogP contribution in [0.5, 0.6) is 0 Å². The lowest BCUT2D eigenvalue weighted by Gasteiger charge is -2.06. The zero-order chi connectivity index (χ0) is 22.1. The summed E-state index contributed by atoms with van der Waals surface area (Å²) in [5, 5.41) is 4.46. The third-order valence-corrected chi connectivity index (χ3v) is 5.14. The standard InChI is InChI=1S/C24H17N5O3/c1-15-2-9-22-29(15)21-10-18(7-8-20(21)24(31)32-22)23(30)28-27-11-16-3-5-17(6-4-16)19-12-25-14-26-13-19/h2-14H,1H3,(H,28,30)/b27-11+. The number of benzene rings is 2. The monoisotopic (exact) mass is 423 g/mol. The molecule has 8 heteroatoms. The van der Waals surface area contributed by atoms with Crippen LogP contribution in [0.25, 0.3) is 27.7 Å². The number of fused-ring (bicyclic) bond motifs is 3. The smallest absolute Gasteiger partial charge is 0.346 e. The van der Waals surface area contributed by atoms with Gasteiger partial charge in [0.15, 0.2) is 0 Å². The van der Waals surface area contributed by atoms with E-state index in [1.54, 1.807) is 47.3 Å². The third-order valence-electron chi connectivity index (χ3n) is 5.14. The first kappa shape index (κ1) is 19.4. The summed E-state index contributed by atoms with van der Waals surface area (Å²) in [7, 11) is 0. The van der Waals surface area contributed by atoms with Gasteiger partial charge >= 0.3 is 5.63 Å². The summed E-state index contributed by atoms with van der Waals surface area (Å²) < 4.78 is 7.12. The molecule has 156 valence electrons. The first-order valence-electron chi connectivity index (χ1n) is 9.84. The number of nitrogens with one attached hydrogen (secondary N) is 1. The molecule has 0 aliphatic heterocycles. The number of amides is 1. The maximum atomic E-state index is 12.6. The van der Waals surface area contributed by atoms with Crippen LogP contribution in [0.2, 0.25) is 0 Å². The molecule has 0 atom stereocenters. The molecule has 0 aliphatic rings. The molecule has 1 N–H and O–H groups in total. The van der Waals surface area contributed by atoms with E-state index in [2.05, 4.69) is 20.5 Å². The minimum absolute atomic E-state index is 0.382. The molecular weight excluding hydrogens is 406 g/mol. The summed E-state index contributed by atoms with van der Waals surface area (Å²) in [4.78, 5) is 32.9. The highest BCUT2D eigenvalue weighted by atomic mass is 16.4. The number of hydrogen-bond acceptors (Lipinski definition) is 6. The highest BCUT2D eigenvalue weighted by Crippen LogP contribution is 2.19. The van der Waals surface area contributed by atoms with Gasteiger partial charge < -0.3 is 4.42 Å². The maximum Gasteiger partial charge on any atom is 0.346 e. The van der Waals surface area contributed by atoms with Crippen molar-refractivity contribution in [2.75, 3.05) is 0 Å². The molecule has 0 fully saturated rings. The molecule has 3 aromatic heterocycles.